The van der Waals surface area contributed by atoms with Crippen LogP contribution >= 0.6 is 0 Å². The molecular weight excluding hydrogens is 438 g/mol. The van der Waals surface area contributed by atoms with E-state index in [1.54, 1.807) is 24.3 Å². The summed E-state index contributed by atoms with van der Waals surface area (Å²) in [4.78, 5) is 2.43. The van der Waals surface area contributed by atoms with Gasteiger partial charge >= 0.3 is 0 Å². The van der Waals surface area contributed by atoms with Crippen LogP contribution < -0.4 is 9.47 Å². The summed E-state index contributed by atoms with van der Waals surface area (Å²) in [5.74, 6) is 2.75. The lowest BCUT2D eigenvalue weighted by Gasteiger charge is -2.38. The lowest BCUT2D eigenvalue weighted by Crippen LogP contribution is -2.47. The molecule has 3 aromatic rings. The Hall–Kier alpha value is -3.44. The Morgan fingerprint density at radius 1 is 0.943 bits per heavy atom. The number of rotatable bonds is 8. The predicted octanol–water partition coefficient (Wildman–Crippen LogP) is 6.27. The molecule has 0 spiro atoms. The minimum atomic E-state index is -0.373. The van der Waals surface area contributed by atoms with Crippen LogP contribution in [-0.4, -0.2) is 41.4 Å². The number of benzene rings is 3. The number of phenolic OH excluding ortho intramolecular Hbond substituents is 2. The van der Waals surface area contributed by atoms with Gasteiger partial charge in [0.15, 0.2) is 0 Å². The maximum Gasteiger partial charge on any atom is 0.150 e. The molecule has 35 heavy (non-hydrogen) atoms. The molecule has 1 fully saturated rings. The number of nitrogens with zero attached hydrogens (tertiary/aromatic N) is 1. The Labute approximate surface area is 207 Å². The fraction of sp³-hybridized carbons (Fsp3) is 0.333. The van der Waals surface area contributed by atoms with Crippen molar-refractivity contribution < 1.29 is 19.7 Å². The van der Waals surface area contributed by atoms with E-state index in [1.165, 1.54) is 19.5 Å². The Balaban J connectivity index is 1.41. The highest BCUT2D eigenvalue weighted by Crippen LogP contribution is 2.49. The molecule has 1 atom stereocenters. The van der Waals surface area contributed by atoms with Crippen molar-refractivity contribution in [1.82, 2.24) is 4.90 Å². The lowest BCUT2D eigenvalue weighted by atomic mass is 9.84. The third-order valence-corrected chi connectivity index (χ3v) is 7.10. The number of allylic oxidation sites excluding steroid dienone is 1. The largest absolute Gasteiger partial charge is 0.508 e. The van der Waals surface area contributed by atoms with Gasteiger partial charge in [-0.05, 0) is 65.4 Å². The van der Waals surface area contributed by atoms with E-state index in [4.69, 9.17) is 9.47 Å². The SMILES string of the molecule is CCC1=C(c2cccc(O)c2)[C@H](c2ccc(OCCN3CC(CC)C3)cc2)Oc2cc(O)ccc21. The predicted molar refractivity (Wildman–Crippen MR) is 139 cm³/mol. The van der Waals surface area contributed by atoms with Gasteiger partial charge in [-0.2, -0.15) is 0 Å². The van der Waals surface area contributed by atoms with Crippen molar-refractivity contribution in [2.24, 2.45) is 5.92 Å². The van der Waals surface area contributed by atoms with Crippen LogP contribution in [0.1, 0.15) is 49.5 Å². The fourth-order valence-corrected chi connectivity index (χ4v) is 5.11. The second-order valence-corrected chi connectivity index (χ2v) is 9.43. The van der Waals surface area contributed by atoms with E-state index >= 15 is 0 Å². The summed E-state index contributed by atoms with van der Waals surface area (Å²) in [6.45, 7) is 8.36. The maximum absolute atomic E-state index is 10.2. The molecule has 0 saturated carbocycles. The number of fused-ring (bicyclic) bond motifs is 1. The average Bonchev–Trinajstić information content (AvgIpc) is 2.84. The molecule has 182 valence electrons. The van der Waals surface area contributed by atoms with Crippen LogP contribution in [0.15, 0.2) is 66.7 Å². The summed E-state index contributed by atoms with van der Waals surface area (Å²) in [7, 11) is 0. The van der Waals surface area contributed by atoms with Crippen molar-refractivity contribution in [1.29, 1.82) is 0 Å². The van der Waals surface area contributed by atoms with E-state index in [0.29, 0.717) is 12.4 Å². The second kappa shape index (κ2) is 10.0. The number of phenols is 2. The molecule has 2 heterocycles. The number of hydrogen-bond acceptors (Lipinski definition) is 5. The maximum atomic E-state index is 10.2. The summed E-state index contributed by atoms with van der Waals surface area (Å²) in [6.07, 6.45) is 1.67. The first-order valence-corrected chi connectivity index (χ1v) is 12.5. The van der Waals surface area contributed by atoms with Crippen molar-refractivity contribution >= 4 is 11.1 Å². The van der Waals surface area contributed by atoms with Gasteiger partial charge in [0, 0.05) is 36.8 Å². The highest BCUT2D eigenvalue weighted by atomic mass is 16.5. The highest BCUT2D eigenvalue weighted by Gasteiger charge is 2.31. The molecule has 0 unspecified atom stereocenters. The van der Waals surface area contributed by atoms with Gasteiger partial charge in [-0.3, -0.25) is 4.90 Å². The van der Waals surface area contributed by atoms with Gasteiger partial charge in [0.25, 0.3) is 0 Å². The molecule has 1 saturated heterocycles. The number of ether oxygens (including phenoxy) is 2. The van der Waals surface area contributed by atoms with Gasteiger partial charge in [0.05, 0.1) is 0 Å². The van der Waals surface area contributed by atoms with Gasteiger partial charge in [-0.25, -0.2) is 0 Å². The lowest BCUT2D eigenvalue weighted by molar-refractivity contribution is 0.0806. The third kappa shape index (κ3) is 4.87. The van der Waals surface area contributed by atoms with Crippen LogP contribution in [0.25, 0.3) is 11.1 Å². The molecule has 2 aliphatic heterocycles. The first kappa shape index (κ1) is 23.3. The zero-order chi connectivity index (χ0) is 24.4. The number of likely N-dealkylation sites (tertiary alicyclic amines) is 1. The van der Waals surface area contributed by atoms with Crippen LogP contribution in [-0.2, 0) is 0 Å². The standard InChI is InChI=1S/C30H33NO4/c1-3-20-18-31(19-20)14-15-34-25-11-8-21(9-12-25)30-29(22-6-5-7-23(32)16-22)26(4-2)27-13-10-24(33)17-28(27)35-30/h5-13,16-17,20,30,32-33H,3-4,14-15,18-19H2,1-2H3/t30-/m0/s1. The molecule has 0 aromatic heterocycles. The van der Waals surface area contributed by atoms with Crippen molar-refractivity contribution in [3.63, 3.8) is 0 Å². The van der Waals surface area contributed by atoms with Crippen molar-refractivity contribution in [3.8, 4) is 23.0 Å². The summed E-state index contributed by atoms with van der Waals surface area (Å²) in [5.41, 5.74) is 5.05. The Kier molecular flexibility index (Phi) is 6.69. The van der Waals surface area contributed by atoms with Gasteiger partial charge < -0.3 is 19.7 Å². The van der Waals surface area contributed by atoms with Crippen molar-refractivity contribution in [3.05, 3.63) is 83.4 Å². The minimum absolute atomic E-state index is 0.176. The molecule has 3 aromatic carbocycles. The van der Waals surface area contributed by atoms with Crippen LogP contribution in [0.4, 0.5) is 0 Å². The Morgan fingerprint density at radius 3 is 2.43 bits per heavy atom. The quantitative estimate of drug-likeness (QED) is 0.405. The summed E-state index contributed by atoms with van der Waals surface area (Å²) >= 11 is 0. The summed E-state index contributed by atoms with van der Waals surface area (Å²) in [5, 5.41) is 20.3. The van der Waals surface area contributed by atoms with Crippen LogP contribution in [0.5, 0.6) is 23.0 Å². The molecule has 5 nitrogen and oxygen atoms in total. The normalized spacial score (nSPS) is 18.1. The molecule has 2 aliphatic rings. The molecule has 0 amide bonds. The molecule has 5 rings (SSSR count). The van der Waals surface area contributed by atoms with E-state index in [1.807, 2.05) is 42.5 Å². The van der Waals surface area contributed by atoms with E-state index in [9.17, 15) is 10.2 Å². The first-order chi connectivity index (χ1) is 17.1. The van der Waals surface area contributed by atoms with E-state index < -0.39 is 0 Å². The topological polar surface area (TPSA) is 62.2 Å². The Bertz CT molecular complexity index is 1210. The molecular formula is C30H33NO4. The summed E-state index contributed by atoms with van der Waals surface area (Å²) < 4.78 is 12.5. The van der Waals surface area contributed by atoms with E-state index in [2.05, 4.69) is 18.7 Å². The average molecular weight is 472 g/mol. The van der Waals surface area contributed by atoms with E-state index in [0.717, 1.165) is 52.5 Å². The molecule has 0 bridgehead atoms. The smallest absolute Gasteiger partial charge is 0.150 e. The number of aromatic hydroxyl groups is 2. The molecule has 0 aliphatic carbocycles. The van der Waals surface area contributed by atoms with Crippen LogP contribution in [0, 0.1) is 5.92 Å². The minimum Gasteiger partial charge on any atom is -0.508 e. The summed E-state index contributed by atoms with van der Waals surface area (Å²) in [6, 6.07) is 20.6. The van der Waals surface area contributed by atoms with Gasteiger partial charge in [0.2, 0.25) is 0 Å². The zero-order valence-corrected chi connectivity index (χ0v) is 20.4. The highest BCUT2D eigenvalue weighted by molar-refractivity contribution is 5.96. The molecule has 2 N–H and O–H groups in total. The second-order valence-electron chi connectivity index (χ2n) is 9.43. The van der Waals surface area contributed by atoms with Gasteiger partial charge in [0.1, 0.15) is 35.7 Å². The molecule has 0 radical (unpaired) electrons. The van der Waals surface area contributed by atoms with Gasteiger partial charge in [-0.15, -0.1) is 0 Å². The van der Waals surface area contributed by atoms with Crippen LogP contribution in [0.2, 0.25) is 0 Å². The van der Waals surface area contributed by atoms with Gasteiger partial charge in [-0.1, -0.05) is 44.5 Å². The monoisotopic (exact) mass is 471 g/mol. The first-order valence-electron chi connectivity index (χ1n) is 12.5. The fourth-order valence-electron chi connectivity index (χ4n) is 5.11. The van der Waals surface area contributed by atoms with E-state index in [-0.39, 0.29) is 17.6 Å². The van der Waals surface area contributed by atoms with Crippen molar-refractivity contribution in [2.45, 2.75) is 32.8 Å². The number of hydrogen-bond donors (Lipinski definition) is 2. The molecule has 5 heteroatoms. The Morgan fingerprint density at radius 2 is 1.71 bits per heavy atom. The van der Waals surface area contributed by atoms with Crippen LogP contribution in [0.3, 0.4) is 0 Å². The van der Waals surface area contributed by atoms with Crippen molar-refractivity contribution in [2.75, 3.05) is 26.2 Å². The zero-order valence-electron chi connectivity index (χ0n) is 20.4. The third-order valence-electron chi connectivity index (χ3n) is 7.10.